The average molecular weight is 379 g/mol. The van der Waals surface area contributed by atoms with E-state index >= 15 is 0 Å². The third-order valence-electron chi connectivity index (χ3n) is 6.79. The van der Waals surface area contributed by atoms with E-state index in [-0.39, 0.29) is 29.3 Å². The van der Waals surface area contributed by atoms with Crippen molar-refractivity contribution in [2.24, 2.45) is 23.2 Å². The van der Waals surface area contributed by atoms with E-state index < -0.39 is 0 Å². The Balaban J connectivity index is 1.50. The highest BCUT2D eigenvalue weighted by molar-refractivity contribution is 5.89. The number of carbonyl (C=O) groups is 2. The number of nitrogens with zero attached hydrogens (tertiary/aromatic N) is 1. The maximum atomic E-state index is 12.7. The number of ether oxygens (including phenoxy) is 1. The van der Waals surface area contributed by atoms with Crippen LogP contribution in [0.2, 0.25) is 0 Å². The van der Waals surface area contributed by atoms with Crippen LogP contribution in [0, 0.1) is 23.2 Å². The Kier molecular flexibility index (Phi) is 6.50. The molecule has 3 rings (SSSR count). The quantitative estimate of drug-likeness (QED) is 0.816. The van der Waals surface area contributed by atoms with Crippen molar-refractivity contribution in [1.29, 1.82) is 0 Å². The normalized spacial score (nSPS) is 35.3. The third kappa shape index (κ3) is 5.04. The number of amides is 2. The molecule has 2 amide bonds. The topological polar surface area (TPSA) is 58.6 Å². The molecule has 3 aliphatic rings. The lowest BCUT2D eigenvalue weighted by Gasteiger charge is -2.40. The number of nitrogens with one attached hydrogen (secondary N) is 1. The number of rotatable bonds is 4. The molecule has 154 valence electrons. The Bertz CT molecular complexity index is 534. The van der Waals surface area contributed by atoms with Crippen LogP contribution in [-0.4, -0.2) is 48.6 Å². The van der Waals surface area contributed by atoms with Crippen LogP contribution in [0.3, 0.4) is 0 Å². The fourth-order valence-electron chi connectivity index (χ4n) is 5.20. The summed E-state index contributed by atoms with van der Waals surface area (Å²) >= 11 is 0. The maximum Gasteiger partial charge on any atom is 0.225 e. The monoisotopic (exact) mass is 378 g/mol. The molecule has 0 bridgehead atoms. The van der Waals surface area contributed by atoms with Crippen molar-refractivity contribution in [2.45, 2.75) is 84.8 Å². The zero-order chi connectivity index (χ0) is 19.6. The Morgan fingerprint density at radius 2 is 1.89 bits per heavy atom. The molecule has 0 radical (unpaired) electrons. The summed E-state index contributed by atoms with van der Waals surface area (Å²) in [5.74, 6) is 1.16. The van der Waals surface area contributed by atoms with E-state index in [1.807, 2.05) is 4.90 Å². The molecule has 0 spiro atoms. The highest BCUT2D eigenvalue weighted by Gasteiger charge is 2.40. The second-order valence-electron chi connectivity index (χ2n) is 10.2. The number of hydrogen-bond donors (Lipinski definition) is 1. The van der Waals surface area contributed by atoms with Crippen molar-refractivity contribution in [3.05, 3.63) is 0 Å². The van der Waals surface area contributed by atoms with E-state index in [0.29, 0.717) is 31.5 Å². The van der Waals surface area contributed by atoms with Crippen LogP contribution in [0.25, 0.3) is 0 Å². The molecule has 5 heteroatoms. The fourth-order valence-corrected chi connectivity index (χ4v) is 5.20. The molecule has 2 heterocycles. The van der Waals surface area contributed by atoms with Gasteiger partial charge in [-0.3, -0.25) is 9.59 Å². The van der Waals surface area contributed by atoms with Gasteiger partial charge in [-0.2, -0.15) is 0 Å². The standard InChI is InChI=1S/C22H38N2O3/c1-15-7-9-18(10-8-15)24-14-17(12-19(24)25)21(26)23-13-16-6-5-11-27-20(16)22(2,3)4/h15-18,20H,5-14H2,1-4H3,(H,23,26)/t15?,16-,17+,18?,20-/m0/s1. The van der Waals surface area contributed by atoms with E-state index in [1.165, 1.54) is 12.8 Å². The highest BCUT2D eigenvalue weighted by Crippen LogP contribution is 2.34. The molecule has 1 saturated carbocycles. The molecule has 0 aromatic heterocycles. The minimum atomic E-state index is -0.186. The molecule has 1 aliphatic carbocycles. The number of carbonyl (C=O) groups excluding carboxylic acids is 2. The van der Waals surface area contributed by atoms with Gasteiger partial charge in [-0.25, -0.2) is 0 Å². The van der Waals surface area contributed by atoms with Crippen molar-refractivity contribution in [3.8, 4) is 0 Å². The van der Waals surface area contributed by atoms with Crippen molar-refractivity contribution in [3.63, 3.8) is 0 Å². The van der Waals surface area contributed by atoms with Crippen LogP contribution in [0.15, 0.2) is 0 Å². The Hall–Kier alpha value is -1.10. The zero-order valence-corrected chi connectivity index (χ0v) is 17.6. The lowest BCUT2D eigenvalue weighted by atomic mass is 9.78. The SMILES string of the molecule is CC1CCC(N2C[C@H](C(=O)NC[C@@H]3CCCO[C@@H]3C(C)(C)C)CC2=O)CC1. The van der Waals surface area contributed by atoms with E-state index in [4.69, 9.17) is 4.74 Å². The van der Waals surface area contributed by atoms with E-state index in [0.717, 1.165) is 38.2 Å². The van der Waals surface area contributed by atoms with Gasteiger partial charge < -0.3 is 15.0 Å². The molecule has 0 aromatic rings. The smallest absolute Gasteiger partial charge is 0.225 e. The molecular weight excluding hydrogens is 340 g/mol. The molecule has 27 heavy (non-hydrogen) atoms. The maximum absolute atomic E-state index is 12.7. The van der Waals surface area contributed by atoms with Crippen molar-refractivity contribution in [2.75, 3.05) is 19.7 Å². The Morgan fingerprint density at radius 3 is 2.56 bits per heavy atom. The second kappa shape index (κ2) is 8.50. The van der Waals surface area contributed by atoms with Gasteiger partial charge in [-0.05, 0) is 49.9 Å². The van der Waals surface area contributed by atoms with E-state index in [1.54, 1.807) is 0 Å². The van der Waals surface area contributed by atoms with E-state index in [2.05, 4.69) is 33.0 Å². The molecule has 0 unspecified atom stereocenters. The largest absolute Gasteiger partial charge is 0.377 e. The summed E-state index contributed by atoms with van der Waals surface area (Å²) in [6, 6.07) is 0.350. The van der Waals surface area contributed by atoms with Gasteiger partial charge in [0.15, 0.2) is 0 Å². The summed E-state index contributed by atoms with van der Waals surface area (Å²) in [7, 11) is 0. The lowest BCUT2D eigenvalue weighted by Crippen LogP contribution is -2.46. The molecule has 3 fully saturated rings. The first-order valence-electron chi connectivity index (χ1n) is 10.9. The minimum absolute atomic E-state index is 0.0493. The summed E-state index contributed by atoms with van der Waals surface area (Å²) in [4.78, 5) is 27.2. The van der Waals surface area contributed by atoms with Gasteiger partial charge in [0.1, 0.15) is 0 Å². The number of likely N-dealkylation sites (tertiary alicyclic amines) is 1. The van der Waals surface area contributed by atoms with Crippen molar-refractivity contribution < 1.29 is 14.3 Å². The molecule has 1 N–H and O–H groups in total. The summed E-state index contributed by atoms with van der Waals surface area (Å²) in [6.45, 7) is 11.0. The molecule has 0 aromatic carbocycles. The predicted molar refractivity (Wildman–Crippen MR) is 106 cm³/mol. The molecule has 2 saturated heterocycles. The highest BCUT2D eigenvalue weighted by atomic mass is 16.5. The summed E-state index contributed by atoms with van der Waals surface area (Å²) in [5, 5.41) is 3.15. The molecular formula is C22H38N2O3. The van der Waals surface area contributed by atoms with Crippen LogP contribution in [-0.2, 0) is 14.3 Å². The number of hydrogen-bond acceptors (Lipinski definition) is 3. The molecule has 2 aliphatic heterocycles. The zero-order valence-electron chi connectivity index (χ0n) is 17.6. The van der Waals surface area contributed by atoms with Crippen molar-refractivity contribution >= 4 is 11.8 Å². The van der Waals surface area contributed by atoms with Crippen LogP contribution in [0.5, 0.6) is 0 Å². The van der Waals surface area contributed by atoms with Crippen LogP contribution in [0.1, 0.15) is 72.6 Å². The first-order valence-corrected chi connectivity index (χ1v) is 10.9. The summed E-state index contributed by atoms with van der Waals surface area (Å²) < 4.78 is 6.02. The predicted octanol–water partition coefficient (Wildman–Crippen LogP) is 3.37. The minimum Gasteiger partial charge on any atom is -0.377 e. The van der Waals surface area contributed by atoms with Gasteiger partial charge in [0.2, 0.25) is 11.8 Å². The van der Waals surface area contributed by atoms with Gasteiger partial charge in [0.25, 0.3) is 0 Å². The first-order chi connectivity index (χ1) is 12.8. The molecule has 3 atom stereocenters. The van der Waals surface area contributed by atoms with Gasteiger partial charge in [-0.15, -0.1) is 0 Å². The fraction of sp³-hybridized carbons (Fsp3) is 0.909. The summed E-state index contributed by atoms with van der Waals surface area (Å²) in [5.41, 5.74) is 0.0774. The second-order valence-corrected chi connectivity index (χ2v) is 10.2. The summed E-state index contributed by atoms with van der Waals surface area (Å²) in [6.07, 6.45) is 7.28. The van der Waals surface area contributed by atoms with Gasteiger partial charge in [0.05, 0.1) is 12.0 Å². The van der Waals surface area contributed by atoms with E-state index in [9.17, 15) is 9.59 Å². The van der Waals surface area contributed by atoms with Crippen LogP contribution in [0.4, 0.5) is 0 Å². The lowest BCUT2D eigenvalue weighted by molar-refractivity contribution is -0.131. The van der Waals surface area contributed by atoms with Crippen molar-refractivity contribution in [1.82, 2.24) is 10.2 Å². The van der Waals surface area contributed by atoms with Gasteiger partial charge in [0, 0.05) is 38.1 Å². The third-order valence-corrected chi connectivity index (χ3v) is 6.79. The Labute approximate surface area is 164 Å². The molecule has 5 nitrogen and oxygen atoms in total. The van der Waals surface area contributed by atoms with Crippen LogP contribution < -0.4 is 5.32 Å². The first kappa shape index (κ1) is 20.6. The van der Waals surface area contributed by atoms with Gasteiger partial charge >= 0.3 is 0 Å². The van der Waals surface area contributed by atoms with Gasteiger partial charge in [-0.1, -0.05) is 27.7 Å². The average Bonchev–Trinajstić information content (AvgIpc) is 3.02. The Morgan fingerprint density at radius 1 is 1.19 bits per heavy atom. The van der Waals surface area contributed by atoms with Crippen LogP contribution >= 0.6 is 0 Å².